The third-order valence-corrected chi connectivity index (χ3v) is 4.39. The zero-order valence-electron chi connectivity index (χ0n) is 15.7. The first kappa shape index (κ1) is 19.3. The molecule has 0 saturated heterocycles. The summed E-state index contributed by atoms with van der Waals surface area (Å²) in [4.78, 5) is 13.2. The van der Waals surface area contributed by atoms with E-state index in [4.69, 9.17) is 10.5 Å². The zero-order chi connectivity index (χ0) is 19.6. The minimum absolute atomic E-state index is 0.0899. The van der Waals surface area contributed by atoms with E-state index >= 15 is 0 Å². The number of hydrogen-bond donors (Lipinski definition) is 2. The molecule has 0 aliphatic heterocycles. The number of thiazole rings is 1. The summed E-state index contributed by atoms with van der Waals surface area (Å²) in [7, 11) is 0. The molecule has 0 aliphatic carbocycles. The highest BCUT2D eigenvalue weighted by atomic mass is 32.1. The summed E-state index contributed by atoms with van der Waals surface area (Å²) in [6.45, 7) is 8.18. The van der Waals surface area contributed by atoms with E-state index in [-0.39, 0.29) is 11.8 Å². The fourth-order valence-corrected chi connectivity index (χ4v) is 3.29. The summed E-state index contributed by atoms with van der Waals surface area (Å²) in [5.41, 5.74) is 7.23. The Balaban J connectivity index is 1.97. The summed E-state index contributed by atoms with van der Waals surface area (Å²) >= 11 is 1.47. The molecular weight excluding hydrogens is 367 g/mol. The number of halogens is 1. The smallest absolute Gasteiger partial charge is 0.183 e. The molecule has 0 unspecified atom stereocenters. The molecule has 0 saturated carbocycles. The average Bonchev–Trinajstić information content (AvgIpc) is 3.05. The van der Waals surface area contributed by atoms with E-state index in [0.717, 1.165) is 5.13 Å². The van der Waals surface area contributed by atoms with E-state index in [9.17, 15) is 4.53 Å². The molecule has 0 atom stereocenters. The number of nitrogens with one attached hydrogen (secondary N) is 1. The van der Waals surface area contributed by atoms with Crippen LogP contribution in [0.4, 0.5) is 9.66 Å². The summed E-state index contributed by atoms with van der Waals surface area (Å²) in [6.07, 6.45) is 0. The molecule has 3 rings (SSSR count). The molecule has 6 nitrogen and oxygen atoms in total. The summed E-state index contributed by atoms with van der Waals surface area (Å²) in [5.74, 6) is 0.697. The monoisotopic (exact) mass is 390 g/mol. The van der Waals surface area contributed by atoms with Crippen LogP contribution in [0.1, 0.15) is 27.7 Å². The van der Waals surface area contributed by atoms with E-state index in [1.165, 1.54) is 11.3 Å². The number of fused-ring (bicyclic) bond motifs is 1. The van der Waals surface area contributed by atoms with Gasteiger partial charge in [0, 0.05) is 39.0 Å². The van der Waals surface area contributed by atoms with Crippen LogP contribution in [-0.2, 0) is 0 Å². The number of hydrogen-bond acceptors (Lipinski definition) is 7. The Morgan fingerprint density at radius 3 is 2.67 bits per heavy atom. The van der Waals surface area contributed by atoms with Gasteiger partial charge in [-0.2, -0.15) is 0 Å². The minimum atomic E-state index is -0.460. The fourth-order valence-electron chi connectivity index (χ4n) is 2.44. The van der Waals surface area contributed by atoms with Crippen molar-refractivity contribution in [3.63, 3.8) is 0 Å². The minimum Gasteiger partial charge on any atom is -0.492 e. The number of rotatable bonds is 7. The lowest BCUT2D eigenvalue weighted by atomic mass is 10.1. The van der Waals surface area contributed by atoms with Gasteiger partial charge in [-0.25, -0.2) is 9.97 Å². The highest BCUT2D eigenvalue weighted by molar-refractivity contribution is 7.14. The molecule has 3 N–H and O–H groups in total. The van der Waals surface area contributed by atoms with Crippen LogP contribution in [0, 0.1) is 0 Å². The standard InChI is InChI=1S/C19H23FN4O2S/c1-11(2)22-18-24-16(9-27-18)15-8-17(26-20)13-6-5-12(7-14(13)23-15)25-10-19(3,4)21/h5-9,11H,10,21H2,1-4H3,(H,22,24). The predicted molar refractivity (Wildman–Crippen MR) is 107 cm³/mol. The lowest BCUT2D eigenvalue weighted by molar-refractivity contribution is -0.00424. The number of nitrogens with two attached hydrogens (primary N) is 1. The summed E-state index contributed by atoms with van der Waals surface area (Å²) in [6, 6.07) is 7.01. The molecule has 8 heteroatoms. The molecule has 2 heterocycles. The highest BCUT2D eigenvalue weighted by Gasteiger charge is 2.15. The van der Waals surface area contributed by atoms with Gasteiger partial charge in [-0.1, -0.05) is 0 Å². The molecule has 0 spiro atoms. The summed E-state index contributed by atoms with van der Waals surface area (Å²) in [5, 5.41) is 6.45. The third-order valence-electron chi connectivity index (χ3n) is 3.62. The highest BCUT2D eigenvalue weighted by Crippen LogP contribution is 2.33. The predicted octanol–water partition coefficient (Wildman–Crippen LogP) is 4.56. The lowest BCUT2D eigenvalue weighted by Gasteiger charge is -2.19. The molecule has 27 heavy (non-hydrogen) atoms. The van der Waals surface area contributed by atoms with Crippen molar-refractivity contribution in [2.75, 3.05) is 11.9 Å². The van der Waals surface area contributed by atoms with Crippen LogP contribution >= 0.6 is 11.3 Å². The van der Waals surface area contributed by atoms with Crippen LogP contribution in [0.15, 0.2) is 29.6 Å². The fraction of sp³-hybridized carbons (Fsp3) is 0.368. The van der Waals surface area contributed by atoms with Gasteiger partial charge in [0.1, 0.15) is 18.1 Å². The van der Waals surface area contributed by atoms with Gasteiger partial charge in [0.25, 0.3) is 0 Å². The van der Waals surface area contributed by atoms with Gasteiger partial charge in [0.15, 0.2) is 10.9 Å². The van der Waals surface area contributed by atoms with Crippen molar-refractivity contribution in [1.82, 2.24) is 9.97 Å². The quantitative estimate of drug-likeness (QED) is 0.615. The Hall–Kier alpha value is -2.45. The van der Waals surface area contributed by atoms with Gasteiger partial charge >= 0.3 is 0 Å². The molecule has 144 valence electrons. The number of aromatic nitrogens is 2. The Bertz CT molecular complexity index is 937. The van der Waals surface area contributed by atoms with Gasteiger partial charge in [-0.05, 0) is 39.8 Å². The first-order chi connectivity index (χ1) is 12.7. The van der Waals surface area contributed by atoms with Gasteiger partial charge in [-0.3, -0.25) is 4.94 Å². The Kier molecular flexibility index (Phi) is 5.48. The number of pyridine rings is 1. The molecule has 0 bridgehead atoms. The van der Waals surface area contributed by atoms with Crippen LogP contribution in [-0.4, -0.2) is 28.2 Å². The SMILES string of the molecule is CC(C)Nc1nc(-c2cc(OF)c3ccc(OCC(C)(C)N)cc3n2)cs1. The molecule has 3 aromatic rings. The van der Waals surface area contributed by atoms with Gasteiger partial charge in [0.2, 0.25) is 0 Å². The lowest BCUT2D eigenvalue weighted by Crippen LogP contribution is -2.38. The third kappa shape index (κ3) is 4.84. The van der Waals surface area contributed by atoms with Crippen molar-refractivity contribution in [3.05, 3.63) is 29.6 Å². The van der Waals surface area contributed by atoms with Crippen LogP contribution in [0.2, 0.25) is 0 Å². The van der Waals surface area contributed by atoms with Crippen molar-refractivity contribution in [3.8, 4) is 22.9 Å². The maximum absolute atomic E-state index is 13.1. The van der Waals surface area contributed by atoms with E-state index in [1.807, 2.05) is 33.1 Å². The van der Waals surface area contributed by atoms with E-state index in [0.29, 0.717) is 34.6 Å². The molecule has 0 radical (unpaired) electrons. The number of ether oxygens (including phenoxy) is 1. The number of anilines is 1. The van der Waals surface area contributed by atoms with Crippen molar-refractivity contribution >= 4 is 27.4 Å². The van der Waals surface area contributed by atoms with Crippen molar-refractivity contribution < 1.29 is 14.2 Å². The Labute approximate surface area is 161 Å². The normalized spacial score (nSPS) is 11.8. The molecule has 0 amide bonds. The second kappa shape index (κ2) is 7.66. The van der Waals surface area contributed by atoms with Crippen LogP contribution in [0.25, 0.3) is 22.3 Å². The molecule has 1 aromatic carbocycles. The van der Waals surface area contributed by atoms with Crippen LogP contribution in [0.5, 0.6) is 11.5 Å². The number of benzene rings is 1. The first-order valence-electron chi connectivity index (χ1n) is 8.63. The topological polar surface area (TPSA) is 82.3 Å². The van der Waals surface area contributed by atoms with Crippen molar-refractivity contribution in [2.45, 2.75) is 39.3 Å². The summed E-state index contributed by atoms with van der Waals surface area (Å²) < 4.78 is 18.8. The van der Waals surface area contributed by atoms with E-state index in [2.05, 4.69) is 20.2 Å². The average molecular weight is 390 g/mol. The second-order valence-electron chi connectivity index (χ2n) is 7.38. The largest absolute Gasteiger partial charge is 0.492 e. The molecule has 0 fully saturated rings. The van der Waals surface area contributed by atoms with Crippen LogP contribution < -0.4 is 20.7 Å². The Morgan fingerprint density at radius 2 is 2.00 bits per heavy atom. The van der Waals surface area contributed by atoms with Gasteiger partial charge in [-0.15, -0.1) is 11.3 Å². The van der Waals surface area contributed by atoms with E-state index < -0.39 is 5.54 Å². The molecular formula is C19H23FN4O2S. The van der Waals surface area contributed by atoms with E-state index in [1.54, 1.807) is 24.3 Å². The Morgan fingerprint density at radius 1 is 1.22 bits per heavy atom. The number of nitrogens with zero attached hydrogens (tertiary/aromatic N) is 2. The maximum Gasteiger partial charge on any atom is 0.183 e. The molecule has 2 aromatic heterocycles. The first-order valence-corrected chi connectivity index (χ1v) is 9.50. The van der Waals surface area contributed by atoms with Gasteiger partial charge in [0.05, 0.1) is 11.2 Å². The molecule has 0 aliphatic rings. The second-order valence-corrected chi connectivity index (χ2v) is 8.23. The van der Waals surface area contributed by atoms with Crippen LogP contribution in [0.3, 0.4) is 0 Å². The maximum atomic E-state index is 13.1. The van der Waals surface area contributed by atoms with Crippen molar-refractivity contribution in [2.24, 2.45) is 5.73 Å². The van der Waals surface area contributed by atoms with Gasteiger partial charge < -0.3 is 15.8 Å². The van der Waals surface area contributed by atoms with Crippen molar-refractivity contribution in [1.29, 1.82) is 0 Å². The zero-order valence-corrected chi connectivity index (χ0v) is 16.6.